The largest absolute Gasteiger partial charge is 0.368 e. The van der Waals surface area contributed by atoms with Crippen molar-refractivity contribution in [2.45, 2.75) is 33.7 Å². The minimum Gasteiger partial charge on any atom is -0.368 e. The fourth-order valence-corrected chi connectivity index (χ4v) is 3.39. The monoisotopic (exact) mass is 338 g/mol. The first-order valence-corrected chi connectivity index (χ1v) is 8.97. The van der Waals surface area contributed by atoms with E-state index in [2.05, 4.69) is 47.0 Å². The molecular formula is C20H26N4O. The molecule has 3 rings (SSSR count). The molecule has 25 heavy (non-hydrogen) atoms. The quantitative estimate of drug-likeness (QED) is 0.836. The highest BCUT2D eigenvalue weighted by molar-refractivity contribution is 5.61. The summed E-state index contributed by atoms with van der Waals surface area (Å²) in [7, 11) is 0. The normalized spacial score (nSPS) is 15.6. The van der Waals surface area contributed by atoms with Gasteiger partial charge in [0.15, 0.2) is 5.76 Å². The van der Waals surface area contributed by atoms with Crippen LogP contribution < -0.4 is 4.90 Å². The van der Waals surface area contributed by atoms with Crippen molar-refractivity contribution in [1.29, 1.82) is 5.26 Å². The molecular weight excluding hydrogens is 312 g/mol. The second kappa shape index (κ2) is 7.71. The van der Waals surface area contributed by atoms with E-state index < -0.39 is 0 Å². The molecule has 0 bridgehead atoms. The Balaban J connectivity index is 1.66. The van der Waals surface area contributed by atoms with Gasteiger partial charge in [0.2, 0.25) is 0 Å². The second-order valence-corrected chi connectivity index (χ2v) is 7.26. The molecule has 0 N–H and O–H groups in total. The zero-order valence-corrected chi connectivity index (χ0v) is 15.3. The predicted octanol–water partition coefficient (Wildman–Crippen LogP) is 3.38. The Hall–Kier alpha value is -2.32. The zero-order valence-electron chi connectivity index (χ0n) is 15.3. The lowest BCUT2D eigenvalue weighted by Crippen LogP contribution is -2.46. The molecule has 1 aromatic heterocycles. The first-order chi connectivity index (χ1) is 12.0. The third-order valence-electron chi connectivity index (χ3n) is 4.60. The fraction of sp³-hybridized carbons (Fsp3) is 0.500. The molecule has 1 saturated heterocycles. The van der Waals surface area contributed by atoms with Crippen LogP contribution in [0.2, 0.25) is 0 Å². The summed E-state index contributed by atoms with van der Waals surface area (Å²) in [5.74, 6) is 1.53. The van der Waals surface area contributed by atoms with Gasteiger partial charge in [0.25, 0.3) is 0 Å². The highest BCUT2D eigenvalue weighted by Gasteiger charge is 2.21. The number of piperazine rings is 1. The third kappa shape index (κ3) is 4.40. The van der Waals surface area contributed by atoms with E-state index in [0.29, 0.717) is 5.92 Å². The Bertz CT molecular complexity index is 751. The first-order valence-electron chi connectivity index (χ1n) is 8.97. The zero-order chi connectivity index (χ0) is 17.8. The number of benzene rings is 1. The van der Waals surface area contributed by atoms with E-state index in [1.165, 1.54) is 5.56 Å². The van der Waals surface area contributed by atoms with Crippen LogP contribution in [0.1, 0.15) is 36.4 Å². The van der Waals surface area contributed by atoms with Crippen molar-refractivity contribution < 1.29 is 4.52 Å². The van der Waals surface area contributed by atoms with Crippen molar-refractivity contribution in [2.75, 3.05) is 31.1 Å². The van der Waals surface area contributed by atoms with Gasteiger partial charge in [-0.15, -0.1) is 0 Å². The van der Waals surface area contributed by atoms with Crippen LogP contribution >= 0.6 is 0 Å². The van der Waals surface area contributed by atoms with Crippen LogP contribution in [0.3, 0.4) is 0 Å². The van der Waals surface area contributed by atoms with Gasteiger partial charge in [0, 0.05) is 32.2 Å². The molecule has 1 aromatic carbocycles. The Labute approximate surface area is 149 Å². The van der Waals surface area contributed by atoms with Gasteiger partial charge in [-0.3, -0.25) is 4.90 Å². The lowest BCUT2D eigenvalue weighted by molar-refractivity contribution is 0.219. The number of aryl methyl sites for hydroxylation is 1. The molecule has 5 nitrogen and oxygen atoms in total. The molecule has 0 atom stereocenters. The molecule has 0 amide bonds. The van der Waals surface area contributed by atoms with Gasteiger partial charge in [-0.25, -0.2) is 0 Å². The summed E-state index contributed by atoms with van der Waals surface area (Å²) >= 11 is 0. The number of nitrogens with zero attached hydrogens (tertiary/aromatic N) is 4. The van der Waals surface area contributed by atoms with Gasteiger partial charge in [0.1, 0.15) is 6.07 Å². The van der Waals surface area contributed by atoms with Crippen LogP contribution in [0.25, 0.3) is 0 Å². The molecule has 1 fully saturated rings. The Kier molecular flexibility index (Phi) is 5.40. The summed E-state index contributed by atoms with van der Waals surface area (Å²) in [5.41, 5.74) is 4.08. The number of aromatic nitrogens is 1. The van der Waals surface area contributed by atoms with E-state index in [4.69, 9.17) is 4.52 Å². The minimum atomic E-state index is 0.614. The third-order valence-corrected chi connectivity index (χ3v) is 4.60. The molecule has 0 radical (unpaired) electrons. The lowest BCUT2D eigenvalue weighted by Gasteiger charge is -2.36. The highest BCUT2D eigenvalue weighted by atomic mass is 16.5. The maximum absolute atomic E-state index is 9.46. The Morgan fingerprint density at radius 2 is 1.96 bits per heavy atom. The highest BCUT2D eigenvalue weighted by Crippen LogP contribution is 2.25. The second-order valence-electron chi connectivity index (χ2n) is 7.26. The van der Waals surface area contributed by atoms with Gasteiger partial charge in [-0.05, 0) is 37.0 Å². The first kappa shape index (κ1) is 17.5. The topological polar surface area (TPSA) is 56.3 Å². The molecule has 1 aliphatic heterocycles. The summed E-state index contributed by atoms with van der Waals surface area (Å²) in [6, 6.07) is 10.6. The molecule has 132 valence electrons. The Morgan fingerprint density at radius 3 is 2.56 bits per heavy atom. The van der Waals surface area contributed by atoms with Gasteiger partial charge in [-0.1, -0.05) is 25.1 Å². The molecule has 2 aromatic rings. The lowest BCUT2D eigenvalue weighted by atomic mass is 10.00. The fourth-order valence-electron chi connectivity index (χ4n) is 3.39. The van der Waals surface area contributed by atoms with Crippen LogP contribution in [-0.4, -0.2) is 36.2 Å². The molecule has 0 aliphatic carbocycles. The standard InChI is InChI=1S/C20H26N4O/c1-15(2)10-17-4-5-18(13-21)20(12-17)24-8-6-23(7-9-24)14-19-11-16(3)22-25-19/h4-5,11-12,15H,6-10,14H2,1-3H3. The minimum absolute atomic E-state index is 0.614. The molecule has 2 heterocycles. The molecule has 5 heteroatoms. The molecule has 0 spiro atoms. The van der Waals surface area contributed by atoms with E-state index in [-0.39, 0.29) is 0 Å². The van der Waals surface area contributed by atoms with Crippen LogP contribution in [0.15, 0.2) is 28.8 Å². The summed E-state index contributed by atoms with van der Waals surface area (Å²) in [6.45, 7) is 11.0. The van der Waals surface area contributed by atoms with Crippen LogP contribution in [0.5, 0.6) is 0 Å². The number of rotatable bonds is 5. The van der Waals surface area contributed by atoms with Gasteiger partial charge in [-0.2, -0.15) is 5.26 Å². The van der Waals surface area contributed by atoms with Crippen molar-refractivity contribution >= 4 is 5.69 Å². The van der Waals surface area contributed by atoms with E-state index in [9.17, 15) is 5.26 Å². The van der Waals surface area contributed by atoms with Crippen LogP contribution in [0.4, 0.5) is 5.69 Å². The van der Waals surface area contributed by atoms with Crippen LogP contribution in [-0.2, 0) is 13.0 Å². The summed E-state index contributed by atoms with van der Waals surface area (Å²) in [6.07, 6.45) is 1.05. The van der Waals surface area contributed by atoms with Gasteiger partial charge >= 0.3 is 0 Å². The van der Waals surface area contributed by atoms with Crippen molar-refractivity contribution in [3.8, 4) is 6.07 Å². The van der Waals surface area contributed by atoms with Crippen molar-refractivity contribution in [2.24, 2.45) is 5.92 Å². The van der Waals surface area contributed by atoms with Crippen molar-refractivity contribution in [1.82, 2.24) is 10.1 Å². The van der Waals surface area contributed by atoms with Crippen molar-refractivity contribution in [3.63, 3.8) is 0 Å². The van der Waals surface area contributed by atoms with E-state index in [0.717, 1.165) is 61.8 Å². The summed E-state index contributed by atoms with van der Waals surface area (Å²) in [5, 5.41) is 13.4. The molecule has 1 aliphatic rings. The van der Waals surface area contributed by atoms with Gasteiger partial charge < -0.3 is 9.42 Å². The predicted molar refractivity (Wildman–Crippen MR) is 98.4 cm³/mol. The van der Waals surface area contributed by atoms with E-state index >= 15 is 0 Å². The summed E-state index contributed by atoms with van der Waals surface area (Å²) in [4.78, 5) is 4.71. The average molecular weight is 338 g/mol. The number of anilines is 1. The smallest absolute Gasteiger partial charge is 0.150 e. The van der Waals surface area contributed by atoms with Crippen LogP contribution in [0, 0.1) is 24.2 Å². The van der Waals surface area contributed by atoms with E-state index in [1.54, 1.807) is 0 Å². The SMILES string of the molecule is Cc1cc(CN2CCN(c3cc(CC(C)C)ccc3C#N)CC2)on1. The summed E-state index contributed by atoms with van der Waals surface area (Å²) < 4.78 is 5.32. The number of hydrogen-bond acceptors (Lipinski definition) is 5. The molecule has 0 saturated carbocycles. The average Bonchev–Trinajstić information content (AvgIpc) is 3.00. The number of hydrogen-bond donors (Lipinski definition) is 0. The maximum atomic E-state index is 9.46. The number of nitriles is 1. The van der Waals surface area contributed by atoms with Crippen molar-refractivity contribution in [3.05, 3.63) is 46.8 Å². The van der Waals surface area contributed by atoms with E-state index in [1.807, 2.05) is 19.1 Å². The Morgan fingerprint density at radius 1 is 1.20 bits per heavy atom. The maximum Gasteiger partial charge on any atom is 0.150 e. The molecule has 0 unspecified atom stereocenters. The van der Waals surface area contributed by atoms with Gasteiger partial charge in [0.05, 0.1) is 23.5 Å².